The number of amides is 4. The van der Waals surface area contributed by atoms with E-state index in [1.165, 1.54) is 25.5 Å². The number of aliphatic imine (C=N–C) groups is 1. The van der Waals surface area contributed by atoms with Crippen molar-refractivity contribution in [1.29, 1.82) is 0 Å². The maximum Gasteiger partial charge on any atom is 0.331 e. The van der Waals surface area contributed by atoms with Gasteiger partial charge in [0.05, 0.1) is 13.1 Å². The van der Waals surface area contributed by atoms with Crippen LogP contribution in [0.15, 0.2) is 35.3 Å². The number of hydrogen-bond donors (Lipinski definition) is 1. The summed E-state index contributed by atoms with van der Waals surface area (Å²) < 4.78 is 0. The van der Waals surface area contributed by atoms with Crippen molar-refractivity contribution in [3.63, 3.8) is 0 Å². The van der Waals surface area contributed by atoms with Gasteiger partial charge in [-0.1, -0.05) is 36.8 Å². The molecule has 0 bridgehead atoms. The van der Waals surface area contributed by atoms with E-state index in [-0.39, 0.29) is 6.54 Å². The average Bonchev–Trinajstić information content (AvgIpc) is 2.66. The van der Waals surface area contributed by atoms with Crippen molar-refractivity contribution >= 4 is 24.1 Å². The van der Waals surface area contributed by atoms with Crippen LogP contribution in [0.25, 0.3) is 0 Å². The van der Waals surface area contributed by atoms with Crippen LogP contribution in [0.2, 0.25) is 0 Å². The van der Waals surface area contributed by atoms with Crippen LogP contribution in [-0.4, -0.2) is 60.0 Å². The summed E-state index contributed by atoms with van der Waals surface area (Å²) in [5, 5.41) is 2.25. The van der Waals surface area contributed by atoms with E-state index in [0.29, 0.717) is 6.54 Å². The van der Waals surface area contributed by atoms with Gasteiger partial charge in [0.2, 0.25) is 11.8 Å². The van der Waals surface area contributed by atoms with Crippen LogP contribution in [0.1, 0.15) is 24.8 Å². The number of carbonyl (C=O) groups is 3. The number of piperidine rings is 1. The molecule has 2 fully saturated rings. The van der Waals surface area contributed by atoms with Crippen LogP contribution in [-0.2, 0) is 16.1 Å². The molecule has 0 aliphatic carbocycles. The van der Waals surface area contributed by atoms with Crippen LogP contribution in [0.4, 0.5) is 4.79 Å². The molecular formula is C19H24N4O3. The molecule has 2 heterocycles. The summed E-state index contributed by atoms with van der Waals surface area (Å²) >= 11 is 0. The molecule has 0 saturated carbocycles. The molecule has 2 aliphatic rings. The normalized spacial score (nSPS) is 22.1. The standard InChI is InChI=1S/C19H24N4O3/c24-17-16(13-20-9-12-22-10-5-2-6-11-22)18(25)23(19(26)21-17)14-15-7-3-1-4-8-15/h1,3-4,7-8,13,16H,2,5-6,9-12,14H2,(H,21,24,26)/t16-/m1/s1. The van der Waals surface area contributed by atoms with E-state index < -0.39 is 23.8 Å². The predicted octanol–water partition coefficient (Wildman–Crippen LogP) is 1.44. The van der Waals surface area contributed by atoms with Gasteiger partial charge in [-0.25, -0.2) is 4.79 Å². The highest BCUT2D eigenvalue weighted by atomic mass is 16.2. The Bertz CT molecular complexity index is 683. The minimum absolute atomic E-state index is 0.136. The summed E-state index contributed by atoms with van der Waals surface area (Å²) in [5.74, 6) is -2.17. The third-order valence-electron chi connectivity index (χ3n) is 4.72. The highest BCUT2D eigenvalue weighted by Gasteiger charge is 2.39. The summed E-state index contributed by atoms with van der Waals surface area (Å²) in [5.41, 5.74) is 0.825. The number of rotatable bonds is 6. The molecule has 26 heavy (non-hydrogen) atoms. The fourth-order valence-corrected chi connectivity index (χ4v) is 3.24. The lowest BCUT2D eigenvalue weighted by atomic mass is 10.1. The van der Waals surface area contributed by atoms with Gasteiger partial charge in [-0.3, -0.25) is 24.8 Å². The number of barbiturate groups is 1. The van der Waals surface area contributed by atoms with Crippen molar-refractivity contribution in [2.75, 3.05) is 26.2 Å². The van der Waals surface area contributed by atoms with Gasteiger partial charge in [-0.05, 0) is 31.5 Å². The van der Waals surface area contributed by atoms with Crippen LogP contribution in [0, 0.1) is 5.92 Å². The number of urea groups is 1. The first-order chi connectivity index (χ1) is 12.6. The van der Waals surface area contributed by atoms with Crippen molar-refractivity contribution in [3.05, 3.63) is 35.9 Å². The Kier molecular flexibility index (Phi) is 6.12. The summed E-state index contributed by atoms with van der Waals surface area (Å²) in [6.45, 7) is 3.67. The first kappa shape index (κ1) is 18.3. The summed E-state index contributed by atoms with van der Waals surface area (Å²) in [6.07, 6.45) is 5.08. The van der Waals surface area contributed by atoms with Crippen molar-refractivity contribution in [1.82, 2.24) is 15.1 Å². The minimum atomic E-state index is -1.04. The quantitative estimate of drug-likeness (QED) is 0.618. The highest BCUT2D eigenvalue weighted by Crippen LogP contribution is 2.13. The van der Waals surface area contributed by atoms with Gasteiger partial charge >= 0.3 is 6.03 Å². The topological polar surface area (TPSA) is 82.1 Å². The van der Waals surface area contributed by atoms with E-state index in [2.05, 4.69) is 15.2 Å². The Labute approximate surface area is 153 Å². The van der Waals surface area contributed by atoms with Crippen molar-refractivity contribution in [3.8, 4) is 0 Å². The van der Waals surface area contributed by atoms with Gasteiger partial charge < -0.3 is 4.90 Å². The van der Waals surface area contributed by atoms with E-state index in [0.717, 1.165) is 30.1 Å². The van der Waals surface area contributed by atoms with Crippen LogP contribution >= 0.6 is 0 Å². The summed E-state index contributed by atoms with van der Waals surface area (Å²) in [4.78, 5) is 44.3. The third-order valence-corrected chi connectivity index (χ3v) is 4.72. The van der Waals surface area contributed by atoms with Gasteiger partial charge in [-0.15, -0.1) is 0 Å². The predicted molar refractivity (Wildman–Crippen MR) is 97.7 cm³/mol. The summed E-state index contributed by atoms with van der Waals surface area (Å²) in [6, 6.07) is 8.53. The van der Waals surface area contributed by atoms with Gasteiger partial charge in [0.1, 0.15) is 0 Å². The van der Waals surface area contributed by atoms with Crippen molar-refractivity contribution in [2.24, 2.45) is 10.9 Å². The second-order valence-electron chi connectivity index (χ2n) is 6.64. The number of benzene rings is 1. The fourth-order valence-electron chi connectivity index (χ4n) is 3.24. The first-order valence-electron chi connectivity index (χ1n) is 9.07. The third kappa shape index (κ3) is 4.54. The van der Waals surface area contributed by atoms with Crippen molar-refractivity contribution < 1.29 is 14.4 Å². The van der Waals surface area contributed by atoms with E-state index in [1.54, 1.807) is 0 Å². The van der Waals surface area contributed by atoms with E-state index in [4.69, 9.17) is 0 Å². The lowest BCUT2D eigenvalue weighted by Gasteiger charge is -2.28. The van der Waals surface area contributed by atoms with Crippen LogP contribution < -0.4 is 5.32 Å². The van der Waals surface area contributed by atoms with Gasteiger partial charge in [0.25, 0.3) is 0 Å². The molecule has 138 valence electrons. The van der Waals surface area contributed by atoms with E-state index >= 15 is 0 Å². The molecule has 1 aromatic carbocycles. The zero-order chi connectivity index (χ0) is 18.4. The Morgan fingerprint density at radius 1 is 1.08 bits per heavy atom. The molecule has 0 radical (unpaired) electrons. The average molecular weight is 356 g/mol. The zero-order valence-corrected chi connectivity index (χ0v) is 14.8. The molecule has 2 saturated heterocycles. The molecule has 0 aromatic heterocycles. The largest absolute Gasteiger partial charge is 0.331 e. The Morgan fingerprint density at radius 2 is 1.81 bits per heavy atom. The molecule has 0 unspecified atom stereocenters. The second kappa shape index (κ2) is 8.71. The van der Waals surface area contributed by atoms with Gasteiger partial charge in [0.15, 0.2) is 5.92 Å². The maximum atomic E-state index is 12.6. The number of hydrogen-bond acceptors (Lipinski definition) is 5. The number of nitrogens with one attached hydrogen (secondary N) is 1. The lowest BCUT2D eigenvalue weighted by Crippen LogP contribution is -2.57. The van der Waals surface area contributed by atoms with Crippen molar-refractivity contribution in [2.45, 2.75) is 25.8 Å². The maximum absolute atomic E-state index is 12.6. The zero-order valence-electron chi connectivity index (χ0n) is 14.8. The summed E-state index contributed by atoms with van der Waals surface area (Å²) in [7, 11) is 0. The lowest BCUT2D eigenvalue weighted by molar-refractivity contribution is -0.139. The van der Waals surface area contributed by atoms with Gasteiger partial charge in [-0.2, -0.15) is 0 Å². The molecule has 1 aromatic rings. The van der Waals surface area contributed by atoms with Gasteiger partial charge in [0, 0.05) is 12.8 Å². The smallest absolute Gasteiger partial charge is 0.302 e. The van der Waals surface area contributed by atoms with E-state index in [1.807, 2.05) is 30.3 Å². The monoisotopic (exact) mass is 356 g/mol. The number of nitrogens with zero attached hydrogens (tertiary/aromatic N) is 3. The number of carbonyl (C=O) groups excluding carboxylic acids is 3. The second-order valence-corrected chi connectivity index (χ2v) is 6.64. The molecule has 1 N–H and O–H groups in total. The molecule has 2 aliphatic heterocycles. The molecule has 7 nitrogen and oxygen atoms in total. The molecule has 0 spiro atoms. The number of likely N-dealkylation sites (tertiary alicyclic amines) is 1. The van der Waals surface area contributed by atoms with E-state index in [9.17, 15) is 14.4 Å². The first-order valence-corrected chi connectivity index (χ1v) is 9.07. The minimum Gasteiger partial charge on any atom is -0.302 e. The fraction of sp³-hybridized carbons (Fsp3) is 0.474. The molecule has 4 amide bonds. The Hall–Kier alpha value is -2.54. The van der Waals surface area contributed by atoms with Crippen LogP contribution in [0.5, 0.6) is 0 Å². The molecule has 1 atom stereocenters. The SMILES string of the molecule is O=C1NC(=O)N(Cc2ccccc2)C(=O)[C@@H]1C=NCCN1CCCCC1. The number of imide groups is 2. The molecular weight excluding hydrogens is 332 g/mol. The van der Waals surface area contributed by atoms with Crippen LogP contribution in [0.3, 0.4) is 0 Å². The molecule has 3 rings (SSSR count). The molecule has 7 heteroatoms. The Morgan fingerprint density at radius 3 is 2.54 bits per heavy atom. The highest BCUT2D eigenvalue weighted by molar-refractivity contribution is 6.23. The Balaban J connectivity index is 1.58.